The van der Waals surface area contributed by atoms with Crippen molar-refractivity contribution < 1.29 is 8.78 Å². The molecule has 10 aromatic carbocycles. The van der Waals surface area contributed by atoms with Gasteiger partial charge in [-0.3, -0.25) is 0 Å². The van der Waals surface area contributed by atoms with Gasteiger partial charge in [-0.15, -0.1) is 0 Å². The van der Waals surface area contributed by atoms with Crippen molar-refractivity contribution in [3.63, 3.8) is 0 Å². The number of hydrogen-bond acceptors (Lipinski definition) is 0. The number of hydrogen-bond donors (Lipinski definition) is 0. The minimum absolute atomic E-state index is 0.0477. The van der Waals surface area contributed by atoms with E-state index in [1.54, 1.807) is 0 Å². The molecule has 0 amide bonds. The lowest BCUT2D eigenvalue weighted by molar-refractivity contribution is 0.589. The third kappa shape index (κ3) is 6.45. The van der Waals surface area contributed by atoms with Crippen LogP contribution in [-0.4, -0.2) is 9.13 Å². The first-order valence-corrected chi connectivity index (χ1v) is 22.0. The van der Waals surface area contributed by atoms with E-state index in [0.717, 1.165) is 105 Å². The van der Waals surface area contributed by atoms with Gasteiger partial charge in [0, 0.05) is 21.5 Å². The molecule has 0 unspecified atom stereocenters. The predicted octanol–water partition coefficient (Wildman–Crippen LogP) is 16.8. The van der Waals surface area contributed by atoms with Gasteiger partial charge in [0.2, 0.25) is 0 Å². The Balaban J connectivity index is 1.26. The van der Waals surface area contributed by atoms with Gasteiger partial charge in [-0.1, -0.05) is 176 Å². The number of nitrogens with zero attached hydrogens (tertiary/aromatic N) is 2. The van der Waals surface area contributed by atoms with Crippen molar-refractivity contribution in [2.45, 2.75) is 6.92 Å². The van der Waals surface area contributed by atoms with Gasteiger partial charge in [0.15, 0.2) is 0 Å². The smallest absolute Gasteiger partial charge is 0.133 e. The summed E-state index contributed by atoms with van der Waals surface area (Å²) >= 11 is 0. The van der Waals surface area contributed by atoms with Gasteiger partial charge >= 0.3 is 0 Å². The van der Waals surface area contributed by atoms with Crippen LogP contribution in [0.15, 0.2) is 224 Å². The molecule has 2 heterocycles. The molecule has 0 bridgehead atoms. The van der Waals surface area contributed by atoms with Gasteiger partial charge < -0.3 is 9.13 Å². The minimum Gasteiger partial charge on any atom is -0.307 e. The highest BCUT2D eigenvalue weighted by Crippen LogP contribution is 2.44. The van der Waals surface area contributed by atoms with Crippen molar-refractivity contribution in [3.05, 3.63) is 242 Å². The molecular weight excluding hydrogens is 799 g/mol. The summed E-state index contributed by atoms with van der Waals surface area (Å²) in [6.07, 6.45) is 0. The average Bonchev–Trinajstić information content (AvgIpc) is 3.86. The number of rotatable bonds is 7. The molecule has 12 aromatic rings. The van der Waals surface area contributed by atoms with Crippen LogP contribution in [0.3, 0.4) is 0 Å². The number of halogens is 2. The maximum Gasteiger partial charge on any atom is 0.133 e. The molecule has 0 aliphatic heterocycles. The van der Waals surface area contributed by atoms with Crippen molar-refractivity contribution in [1.82, 2.24) is 9.13 Å². The van der Waals surface area contributed by atoms with Crippen molar-refractivity contribution >= 4 is 43.6 Å². The standard InChI is InChI=1S/C61H40F2N2/c1-39-33-59(64-55-34-44(40-15-6-2-7-16-40)25-29-48(55)49-30-26-45(35-56(49)64)41-17-8-3-9-18-41)60(38-52(39)61-53(62)23-14-24-54(61)63)65-57-36-46(42-19-10-4-11-20-42)27-31-50(57)51-32-28-47(37-58(51)65)43-21-12-5-13-22-43/h2-38H,1H3. The Morgan fingerprint density at radius 3 is 0.923 bits per heavy atom. The van der Waals surface area contributed by atoms with Crippen LogP contribution < -0.4 is 0 Å². The molecule has 12 rings (SSSR count). The Bertz CT molecular complexity index is 3560. The summed E-state index contributed by atoms with van der Waals surface area (Å²) in [5.41, 5.74) is 15.6. The zero-order chi connectivity index (χ0) is 43.6. The first kappa shape index (κ1) is 38.3. The molecule has 0 fully saturated rings. The van der Waals surface area contributed by atoms with Crippen molar-refractivity contribution in [2.24, 2.45) is 0 Å². The van der Waals surface area contributed by atoms with E-state index < -0.39 is 11.6 Å². The van der Waals surface area contributed by atoms with Gasteiger partial charge in [0.1, 0.15) is 11.6 Å². The second-order valence-electron chi connectivity index (χ2n) is 16.8. The van der Waals surface area contributed by atoms with Crippen molar-refractivity contribution in [2.75, 3.05) is 0 Å². The Labute approximate surface area is 375 Å². The normalized spacial score (nSPS) is 11.6. The largest absolute Gasteiger partial charge is 0.307 e. The van der Waals surface area contributed by atoms with Crippen LogP contribution in [0.5, 0.6) is 0 Å². The van der Waals surface area contributed by atoms with Crippen LogP contribution in [0.2, 0.25) is 0 Å². The quantitative estimate of drug-likeness (QED) is 0.151. The van der Waals surface area contributed by atoms with E-state index in [-0.39, 0.29) is 5.56 Å². The number of aromatic nitrogens is 2. The number of fused-ring (bicyclic) bond motifs is 6. The Hall–Kier alpha value is -8.34. The lowest BCUT2D eigenvalue weighted by Gasteiger charge is -2.21. The topological polar surface area (TPSA) is 9.86 Å². The predicted molar refractivity (Wildman–Crippen MR) is 267 cm³/mol. The lowest BCUT2D eigenvalue weighted by atomic mass is 9.97. The van der Waals surface area contributed by atoms with Gasteiger partial charge in [0.05, 0.1) is 39.0 Å². The average molecular weight is 839 g/mol. The fraction of sp³-hybridized carbons (Fsp3) is 0.0164. The van der Waals surface area contributed by atoms with Gasteiger partial charge in [-0.05, 0) is 111 Å². The second kappa shape index (κ2) is 15.5. The van der Waals surface area contributed by atoms with Crippen LogP contribution >= 0.6 is 0 Å². The summed E-state index contributed by atoms with van der Waals surface area (Å²) in [5, 5.41) is 4.35. The van der Waals surface area contributed by atoms with E-state index in [1.807, 2.05) is 37.3 Å². The summed E-state index contributed by atoms with van der Waals surface area (Å²) in [7, 11) is 0. The Morgan fingerprint density at radius 2 is 0.600 bits per heavy atom. The molecule has 0 aliphatic carbocycles. The van der Waals surface area contributed by atoms with Gasteiger partial charge in [-0.2, -0.15) is 0 Å². The molecule has 65 heavy (non-hydrogen) atoms. The molecule has 2 aromatic heterocycles. The molecule has 2 nitrogen and oxygen atoms in total. The maximum atomic E-state index is 16.1. The lowest BCUT2D eigenvalue weighted by Crippen LogP contribution is -2.06. The highest BCUT2D eigenvalue weighted by molar-refractivity contribution is 6.14. The second-order valence-corrected chi connectivity index (χ2v) is 16.8. The molecule has 308 valence electrons. The zero-order valence-electron chi connectivity index (χ0n) is 35.5. The number of benzene rings is 10. The van der Waals surface area contributed by atoms with Crippen LogP contribution in [0.4, 0.5) is 8.78 Å². The molecule has 0 spiro atoms. The van der Waals surface area contributed by atoms with E-state index in [9.17, 15) is 0 Å². The molecular formula is C61H40F2N2. The summed E-state index contributed by atoms with van der Waals surface area (Å²) < 4.78 is 36.9. The summed E-state index contributed by atoms with van der Waals surface area (Å²) in [6, 6.07) is 76.7. The molecule has 4 heteroatoms. The van der Waals surface area contributed by atoms with E-state index in [2.05, 4.69) is 185 Å². The van der Waals surface area contributed by atoms with E-state index >= 15 is 8.78 Å². The molecule has 0 N–H and O–H groups in total. The van der Waals surface area contributed by atoms with Crippen molar-refractivity contribution in [1.29, 1.82) is 0 Å². The highest BCUT2D eigenvalue weighted by Gasteiger charge is 2.24. The highest BCUT2D eigenvalue weighted by atomic mass is 19.1. The first-order chi connectivity index (χ1) is 32.0. The maximum absolute atomic E-state index is 16.1. The van der Waals surface area contributed by atoms with E-state index in [0.29, 0.717) is 5.56 Å². The van der Waals surface area contributed by atoms with Crippen LogP contribution in [0, 0.1) is 18.6 Å². The molecule has 0 atom stereocenters. The Kier molecular flexibility index (Phi) is 9.13. The summed E-state index contributed by atoms with van der Waals surface area (Å²) in [5.74, 6) is -1.22. The summed E-state index contributed by atoms with van der Waals surface area (Å²) in [4.78, 5) is 0. The summed E-state index contributed by atoms with van der Waals surface area (Å²) in [6.45, 7) is 1.96. The first-order valence-electron chi connectivity index (χ1n) is 22.0. The van der Waals surface area contributed by atoms with Gasteiger partial charge in [-0.25, -0.2) is 8.78 Å². The monoisotopic (exact) mass is 838 g/mol. The third-order valence-corrected chi connectivity index (χ3v) is 13.0. The zero-order valence-corrected chi connectivity index (χ0v) is 35.5. The third-order valence-electron chi connectivity index (χ3n) is 13.0. The fourth-order valence-electron chi connectivity index (χ4n) is 9.86. The Morgan fingerprint density at radius 1 is 0.292 bits per heavy atom. The fourth-order valence-corrected chi connectivity index (χ4v) is 9.86. The van der Waals surface area contributed by atoms with Crippen molar-refractivity contribution in [3.8, 4) is 67.0 Å². The SMILES string of the molecule is Cc1cc(-n2c3cc(-c4ccccc4)ccc3c3ccc(-c4ccccc4)cc32)c(-n2c3cc(-c4ccccc4)ccc3c3ccc(-c4ccccc4)cc32)cc1-c1c(F)cccc1F. The molecule has 0 aliphatic rings. The molecule has 0 radical (unpaired) electrons. The van der Waals surface area contributed by atoms with Crippen LogP contribution in [0.1, 0.15) is 5.56 Å². The molecule has 0 saturated heterocycles. The van der Waals surface area contributed by atoms with E-state index in [1.165, 1.54) is 18.2 Å². The van der Waals surface area contributed by atoms with Crippen LogP contribution in [-0.2, 0) is 0 Å². The van der Waals surface area contributed by atoms with E-state index in [4.69, 9.17) is 0 Å². The minimum atomic E-state index is -0.608. The van der Waals surface area contributed by atoms with Gasteiger partial charge in [0.25, 0.3) is 0 Å². The number of aryl methyl sites for hydroxylation is 1. The molecule has 0 saturated carbocycles. The van der Waals surface area contributed by atoms with Crippen LogP contribution in [0.25, 0.3) is 111 Å².